The Morgan fingerprint density at radius 3 is 2.41 bits per heavy atom. The fourth-order valence-electron chi connectivity index (χ4n) is 3.49. The van der Waals surface area contributed by atoms with Gasteiger partial charge in [0.25, 0.3) is 5.56 Å². The van der Waals surface area contributed by atoms with Crippen molar-refractivity contribution in [3.8, 4) is 0 Å². The Morgan fingerprint density at radius 1 is 1.07 bits per heavy atom. The monoisotopic (exact) mass is 366 g/mol. The Hall–Kier alpha value is -3.16. The highest BCUT2D eigenvalue weighted by Gasteiger charge is 2.29. The van der Waals surface area contributed by atoms with E-state index >= 15 is 0 Å². The third-order valence-electron chi connectivity index (χ3n) is 5.21. The van der Waals surface area contributed by atoms with Crippen LogP contribution in [0.3, 0.4) is 0 Å². The summed E-state index contributed by atoms with van der Waals surface area (Å²) in [6.45, 7) is 6.12. The van der Waals surface area contributed by atoms with E-state index in [0.29, 0.717) is 17.1 Å². The molecule has 0 aliphatic carbocycles. The van der Waals surface area contributed by atoms with Gasteiger partial charge in [-0.05, 0) is 26.3 Å². The number of rotatable bonds is 2. The number of imidazole rings is 1. The quantitative estimate of drug-likeness (QED) is 0.691. The van der Waals surface area contributed by atoms with Gasteiger partial charge in [0.1, 0.15) is 0 Å². The van der Waals surface area contributed by atoms with Gasteiger partial charge in [-0.15, -0.1) is 0 Å². The second kappa shape index (κ2) is 5.94. The molecule has 0 spiro atoms. The molecule has 1 aliphatic heterocycles. The van der Waals surface area contributed by atoms with Gasteiger partial charge >= 0.3 is 5.69 Å². The molecule has 4 rings (SSSR count). The van der Waals surface area contributed by atoms with Crippen LogP contribution in [0.5, 0.6) is 0 Å². The highest BCUT2D eigenvalue weighted by molar-refractivity contribution is 5.90. The molecule has 8 nitrogen and oxygen atoms in total. The molecule has 0 radical (unpaired) electrons. The molecule has 1 aliphatic rings. The zero-order chi connectivity index (χ0) is 19.5. The summed E-state index contributed by atoms with van der Waals surface area (Å²) in [6.07, 6.45) is 0. The van der Waals surface area contributed by atoms with Gasteiger partial charge in [0.2, 0.25) is 5.95 Å². The molecule has 8 heteroatoms. The van der Waals surface area contributed by atoms with Crippen LogP contribution in [0.1, 0.15) is 31.0 Å². The van der Waals surface area contributed by atoms with Gasteiger partial charge in [-0.1, -0.05) is 29.8 Å². The van der Waals surface area contributed by atoms with E-state index in [2.05, 4.69) is 10.1 Å². The molecule has 3 aromatic rings. The molecule has 0 unspecified atom stereocenters. The summed E-state index contributed by atoms with van der Waals surface area (Å²) in [5.74, 6) is 0.559. The van der Waals surface area contributed by atoms with Crippen molar-refractivity contribution in [2.45, 2.75) is 33.4 Å². The Balaban J connectivity index is 1.99. The first kappa shape index (κ1) is 17.3. The summed E-state index contributed by atoms with van der Waals surface area (Å²) in [7, 11) is 3.43. The van der Waals surface area contributed by atoms with Crippen molar-refractivity contribution >= 4 is 22.8 Å². The van der Waals surface area contributed by atoms with Gasteiger partial charge < -0.3 is 0 Å². The lowest BCUT2D eigenvalue weighted by atomic mass is 10.1. The highest BCUT2D eigenvalue weighted by atomic mass is 16.2. The van der Waals surface area contributed by atoms with E-state index in [1.165, 1.54) is 9.13 Å². The van der Waals surface area contributed by atoms with Crippen LogP contribution >= 0.6 is 0 Å². The van der Waals surface area contributed by atoms with Crippen LogP contribution in [-0.4, -0.2) is 31.4 Å². The number of aromatic nitrogens is 4. The zero-order valence-electron chi connectivity index (χ0n) is 16.1. The van der Waals surface area contributed by atoms with Crippen LogP contribution in [0.4, 0.5) is 5.95 Å². The van der Waals surface area contributed by atoms with E-state index in [4.69, 9.17) is 0 Å². The van der Waals surface area contributed by atoms with Gasteiger partial charge in [-0.2, -0.15) is 10.1 Å². The fourth-order valence-corrected chi connectivity index (χ4v) is 3.49. The van der Waals surface area contributed by atoms with Crippen molar-refractivity contribution in [3.63, 3.8) is 0 Å². The van der Waals surface area contributed by atoms with Crippen LogP contribution in [0.25, 0.3) is 11.2 Å². The fraction of sp³-hybridized carbons (Fsp3) is 0.368. The van der Waals surface area contributed by atoms with Gasteiger partial charge in [-0.3, -0.25) is 18.5 Å². The van der Waals surface area contributed by atoms with Crippen LogP contribution in [0, 0.1) is 6.92 Å². The third-order valence-corrected chi connectivity index (χ3v) is 5.21. The van der Waals surface area contributed by atoms with Gasteiger partial charge in [0.05, 0.1) is 18.3 Å². The first-order valence-electron chi connectivity index (χ1n) is 8.85. The minimum atomic E-state index is -0.378. The van der Waals surface area contributed by atoms with Crippen molar-refractivity contribution in [1.29, 1.82) is 0 Å². The first-order chi connectivity index (χ1) is 12.8. The number of nitrogens with zero attached hydrogens (tertiary/aromatic N) is 6. The largest absolute Gasteiger partial charge is 0.332 e. The lowest BCUT2D eigenvalue weighted by Crippen LogP contribution is -2.40. The van der Waals surface area contributed by atoms with E-state index in [0.717, 1.165) is 16.8 Å². The van der Waals surface area contributed by atoms with E-state index in [1.54, 1.807) is 19.1 Å². The number of benzene rings is 1. The molecule has 0 saturated carbocycles. The molecule has 2 aromatic heterocycles. The number of hydrazone groups is 1. The lowest BCUT2D eigenvalue weighted by molar-refractivity contribution is 0.638. The second-order valence-corrected chi connectivity index (χ2v) is 7.11. The number of aryl methyl sites for hydroxylation is 2. The average molecular weight is 366 g/mol. The van der Waals surface area contributed by atoms with Crippen LogP contribution in [-0.2, 0) is 13.6 Å². The average Bonchev–Trinajstić information content (AvgIpc) is 3.05. The van der Waals surface area contributed by atoms with Crippen molar-refractivity contribution in [3.05, 3.63) is 56.2 Å². The summed E-state index contributed by atoms with van der Waals surface area (Å²) < 4.78 is 4.58. The van der Waals surface area contributed by atoms with Crippen LogP contribution < -0.4 is 16.3 Å². The standard InChI is InChI=1S/C19H22N6O2/c1-11-6-8-14(9-7-11)10-24-17(26)15-16(22(4)19(24)27)20-18-23(5)21-12(2)13(3)25(15)18/h6-9,13H,10H2,1-5H3/t13-/m1/s1. The first-order valence-corrected chi connectivity index (χ1v) is 8.85. The molecule has 1 atom stereocenters. The summed E-state index contributed by atoms with van der Waals surface area (Å²) in [4.78, 5) is 30.7. The topological polar surface area (TPSA) is 77.4 Å². The minimum Gasteiger partial charge on any atom is -0.294 e. The molecule has 0 N–H and O–H groups in total. The Bertz CT molecular complexity index is 1200. The maximum absolute atomic E-state index is 13.3. The molecule has 0 saturated heterocycles. The summed E-state index contributed by atoms with van der Waals surface area (Å²) >= 11 is 0. The Kier molecular flexibility index (Phi) is 3.80. The SMILES string of the molecule is CC1=NN(C)c2nc3c(c(=O)n(Cc4ccc(C)cc4)c(=O)n3C)n2[C@@H]1C. The predicted octanol–water partition coefficient (Wildman–Crippen LogP) is 1.64. The third kappa shape index (κ3) is 2.51. The van der Waals surface area contributed by atoms with Crippen molar-refractivity contribution in [1.82, 2.24) is 18.7 Å². The van der Waals surface area contributed by atoms with Crippen LogP contribution in [0.2, 0.25) is 0 Å². The van der Waals surface area contributed by atoms with Gasteiger partial charge in [-0.25, -0.2) is 9.80 Å². The summed E-state index contributed by atoms with van der Waals surface area (Å²) in [5.41, 5.74) is 3.00. The van der Waals surface area contributed by atoms with E-state index in [-0.39, 0.29) is 23.8 Å². The molecule has 0 bridgehead atoms. The molecule has 0 fully saturated rings. The Labute approximate surface area is 156 Å². The molecular formula is C19H22N6O2. The van der Waals surface area contributed by atoms with Crippen molar-refractivity contribution in [2.24, 2.45) is 12.1 Å². The maximum atomic E-state index is 13.3. The van der Waals surface area contributed by atoms with Gasteiger partial charge in [0, 0.05) is 14.1 Å². The molecule has 1 aromatic carbocycles. The number of fused-ring (bicyclic) bond motifs is 3. The molecule has 0 amide bonds. The predicted molar refractivity (Wildman–Crippen MR) is 106 cm³/mol. The number of hydrogen-bond acceptors (Lipinski definition) is 5. The second-order valence-electron chi connectivity index (χ2n) is 7.11. The summed E-state index contributed by atoms with van der Waals surface area (Å²) in [5, 5.41) is 6.09. The number of hydrogen-bond donors (Lipinski definition) is 0. The highest BCUT2D eigenvalue weighted by Crippen LogP contribution is 2.28. The molecule has 27 heavy (non-hydrogen) atoms. The smallest absolute Gasteiger partial charge is 0.294 e. The van der Waals surface area contributed by atoms with Gasteiger partial charge in [0.15, 0.2) is 11.2 Å². The van der Waals surface area contributed by atoms with Crippen LogP contribution in [0.15, 0.2) is 39.0 Å². The Morgan fingerprint density at radius 2 is 1.74 bits per heavy atom. The minimum absolute atomic E-state index is 0.112. The molecule has 140 valence electrons. The van der Waals surface area contributed by atoms with E-state index < -0.39 is 0 Å². The molecule has 3 heterocycles. The van der Waals surface area contributed by atoms with E-state index in [1.807, 2.05) is 49.6 Å². The normalized spacial score (nSPS) is 16.6. The zero-order valence-corrected chi connectivity index (χ0v) is 16.1. The van der Waals surface area contributed by atoms with Crippen molar-refractivity contribution < 1.29 is 0 Å². The molecular weight excluding hydrogens is 344 g/mol. The summed E-state index contributed by atoms with van der Waals surface area (Å²) in [6, 6.07) is 7.70. The van der Waals surface area contributed by atoms with E-state index in [9.17, 15) is 9.59 Å². The maximum Gasteiger partial charge on any atom is 0.332 e. The lowest BCUT2D eigenvalue weighted by Gasteiger charge is -2.26. The number of anilines is 1. The van der Waals surface area contributed by atoms with Crippen molar-refractivity contribution in [2.75, 3.05) is 12.1 Å².